The molecular weight excluding hydrogens is 439 g/mol. The Morgan fingerprint density at radius 1 is 1.12 bits per heavy atom. The van der Waals surface area contributed by atoms with Gasteiger partial charge in [-0.15, -0.1) is 0 Å². The number of hydrogen-bond donors (Lipinski definition) is 1. The number of halogens is 1. The van der Waals surface area contributed by atoms with Crippen molar-refractivity contribution < 1.29 is 13.9 Å². The second-order valence-electron chi connectivity index (χ2n) is 7.97. The Labute approximate surface area is 195 Å². The molecule has 8 heteroatoms. The number of benzene rings is 2. The molecule has 2 aromatic carbocycles. The normalized spacial score (nSPS) is 14.5. The number of aromatic nitrogens is 2. The molecule has 4 aromatic rings. The summed E-state index contributed by atoms with van der Waals surface area (Å²) in [6.45, 7) is 5.71. The van der Waals surface area contributed by atoms with Crippen LogP contribution in [0.1, 0.15) is 20.9 Å². The first-order chi connectivity index (χ1) is 16.1. The minimum atomic E-state index is -0.407. The number of aryl methyl sites for hydroxylation is 1. The zero-order valence-electron chi connectivity index (χ0n) is 18.2. The van der Waals surface area contributed by atoms with Crippen LogP contribution in [0.2, 0.25) is 0 Å². The summed E-state index contributed by atoms with van der Waals surface area (Å²) in [7, 11) is 0. The minimum Gasteiger partial charge on any atom is -0.379 e. The van der Waals surface area contributed by atoms with Gasteiger partial charge < -0.3 is 4.74 Å². The Bertz CT molecular complexity index is 1300. The van der Waals surface area contributed by atoms with Gasteiger partial charge in [-0.2, -0.15) is 0 Å². The third-order valence-corrected chi connectivity index (χ3v) is 6.53. The van der Waals surface area contributed by atoms with Crippen LogP contribution in [0.3, 0.4) is 0 Å². The molecule has 0 atom stereocenters. The third-order valence-electron chi connectivity index (χ3n) is 5.58. The van der Waals surface area contributed by atoms with Gasteiger partial charge in [-0.3, -0.25) is 20.0 Å². The fraction of sp³-hybridized carbons (Fsp3) is 0.240. The number of morpholine rings is 1. The molecule has 5 rings (SSSR count). The van der Waals surface area contributed by atoms with Gasteiger partial charge >= 0.3 is 0 Å². The van der Waals surface area contributed by atoms with Gasteiger partial charge in [-0.05, 0) is 31.2 Å². The van der Waals surface area contributed by atoms with Crippen LogP contribution in [0.15, 0.2) is 54.6 Å². The number of carbonyl (C=O) groups is 1. The van der Waals surface area contributed by atoms with Crippen LogP contribution >= 0.6 is 11.3 Å². The summed E-state index contributed by atoms with van der Waals surface area (Å²) in [5, 5.41) is 3.93. The summed E-state index contributed by atoms with van der Waals surface area (Å²) in [5.74, 6) is -0.738. The number of amides is 1. The standard InChI is InChI=1S/C25H23FN4O2S/c1-16-13-20(19-14-18(26)7-8-21(19)27-16)24(31)29-25-28-23(17-5-3-2-4-6-17)22(33-25)15-30-9-11-32-12-10-30/h2-8,13-14H,9-12,15H2,1H3,(H,28,29,31). The molecule has 0 spiro atoms. The van der Waals surface area contributed by atoms with Crippen molar-refractivity contribution in [2.24, 2.45) is 0 Å². The van der Waals surface area contributed by atoms with Crippen molar-refractivity contribution in [3.63, 3.8) is 0 Å². The summed E-state index contributed by atoms with van der Waals surface area (Å²) in [4.78, 5) is 25.8. The first-order valence-electron chi connectivity index (χ1n) is 10.8. The molecule has 1 aliphatic rings. The summed E-state index contributed by atoms with van der Waals surface area (Å²) < 4.78 is 19.4. The Morgan fingerprint density at radius 3 is 2.70 bits per heavy atom. The molecule has 0 bridgehead atoms. The number of fused-ring (bicyclic) bond motifs is 1. The molecule has 33 heavy (non-hydrogen) atoms. The second kappa shape index (κ2) is 9.35. The van der Waals surface area contributed by atoms with E-state index in [0.29, 0.717) is 40.5 Å². The van der Waals surface area contributed by atoms with E-state index in [1.54, 1.807) is 12.1 Å². The largest absolute Gasteiger partial charge is 0.379 e. The van der Waals surface area contributed by atoms with E-state index in [1.807, 2.05) is 37.3 Å². The molecule has 1 fully saturated rings. The lowest BCUT2D eigenvalue weighted by molar-refractivity contribution is 0.0347. The van der Waals surface area contributed by atoms with E-state index in [2.05, 4.69) is 15.2 Å². The number of ether oxygens (including phenoxy) is 1. The number of hydrogen-bond acceptors (Lipinski definition) is 6. The molecule has 3 heterocycles. The summed E-state index contributed by atoms with van der Waals surface area (Å²) in [6, 6.07) is 15.9. The number of anilines is 1. The highest BCUT2D eigenvalue weighted by Crippen LogP contribution is 2.33. The van der Waals surface area contributed by atoms with E-state index in [-0.39, 0.29) is 5.91 Å². The van der Waals surface area contributed by atoms with E-state index in [9.17, 15) is 9.18 Å². The van der Waals surface area contributed by atoms with Crippen LogP contribution in [0.25, 0.3) is 22.2 Å². The number of nitrogens with zero attached hydrogens (tertiary/aromatic N) is 3. The molecule has 168 valence electrons. The lowest BCUT2D eigenvalue weighted by Crippen LogP contribution is -2.35. The van der Waals surface area contributed by atoms with Gasteiger partial charge in [-0.25, -0.2) is 9.37 Å². The van der Waals surface area contributed by atoms with Gasteiger partial charge in [0.1, 0.15) is 5.82 Å². The lowest BCUT2D eigenvalue weighted by atomic mass is 10.1. The molecule has 0 unspecified atom stereocenters. The SMILES string of the molecule is Cc1cc(C(=O)Nc2nc(-c3ccccc3)c(CN3CCOCC3)s2)c2cc(F)ccc2n1. The summed E-state index contributed by atoms with van der Waals surface area (Å²) >= 11 is 1.47. The molecule has 1 amide bonds. The van der Waals surface area contributed by atoms with E-state index < -0.39 is 5.82 Å². The monoisotopic (exact) mass is 462 g/mol. The number of nitrogens with one attached hydrogen (secondary N) is 1. The van der Waals surface area contributed by atoms with Crippen molar-refractivity contribution in [3.05, 3.63) is 76.5 Å². The van der Waals surface area contributed by atoms with E-state index in [0.717, 1.165) is 35.8 Å². The highest BCUT2D eigenvalue weighted by atomic mass is 32.1. The van der Waals surface area contributed by atoms with E-state index >= 15 is 0 Å². The predicted octanol–water partition coefficient (Wildman–Crippen LogP) is 4.89. The summed E-state index contributed by atoms with van der Waals surface area (Å²) in [5.41, 5.74) is 3.52. The van der Waals surface area contributed by atoms with Crippen LogP contribution < -0.4 is 5.32 Å². The summed E-state index contributed by atoms with van der Waals surface area (Å²) in [6.07, 6.45) is 0. The molecule has 1 saturated heterocycles. The smallest absolute Gasteiger partial charge is 0.258 e. The van der Waals surface area contributed by atoms with Crippen molar-refractivity contribution in [3.8, 4) is 11.3 Å². The maximum atomic E-state index is 13.9. The first-order valence-corrected chi connectivity index (χ1v) is 11.6. The zero-order chi connectivity index (χ0) is 22.8. The average molecular weight is 463 g/mol. The average Bonchev–Trinajstić information content (AvgIpc) is 3.22. The fourth-order valence-corrected chi connectivity index (χ4v) is 5.00. The number of carbonyl (C=O) groups excluding carboxylic acids is 1. The quantitative estimate of drug-likeness (QED) is 0.457. The Kier molecular flexibility index (Phi) is 6.13. The molecular formula is C25H23FN4O2S. The highest BCUT2D eigenvalue weighted by molar-refractivity contribution is 7.16. The highest BCUT2D eigenvalue weighted by Gasteiger charge is 2.20. The van der Waals surface area contributed by atoms with Crippen LogP contribution in [0.4, 0.5) is 9.52 Å². The van der Waals surface area contributed by atoms with Crippen molar-refractivity contribution >= 4 is 33.3 Å². The van der Waals surface area contributed by atoms with Gasteiger partial charge in [0.25, 0.3) is 5.91 Å². The number of pyridine rings is 1. The molecule has 0 saturated carbocycles. The Hall–Kier alpha value is -3.20. The molecule has 1 N–H and O–H groups in total. The van der Waals surface area contributed by atoms with E-state index in [4.69, 9.17) is 9.72 Å². The molecule has 2 aromatic heterocycles. The molecule has 0 aliphatic carbocycles. The van der Waals surface area contributed by atoms with Gasteiger partial charge in [0.05, 0.1) is 30.0 Å². The molecule has 0 radical (unpaired) electrons. The van der Waals surface area contributed by atoms with Gasteiger partial charge in [-0.1, -0.05) is 41.7 Å². The van der Waals surface area contributed by atoms with Crippen molar-refractivity contribution in [2.75, 3.05) is 31.6 Å². The van der Waals surface area contributed by atoms with Crippen molar-refractivity contribution in [2.45, 2.75) is 13.5 Å². The van der Waals surface area contributed by atoms with Gasteiger partial charge in [0.2, 0.25) is 0 Å². The predicted molar refractivity (Wildman–Crippen MR) is 128 cm³/mol. The molecule has 6 nitrogen and oxygen atoms in total. The first kappa shape index (κ1) is 21.6. The van der Waals surface area contributed by atoms with Gasteiger partial charge in [0, 0.05) is 41.2 Å². The zero-order valence-corrected chi connectivity index (χ0v) is 19.0. The van der Waals surface area contributed by atoms with Gasteiger partial charge in [0.15, 0.2) is 5.13 Å². The van der Waals surface area contributed by atoms with Crippen molar-refractivity contribution in [1.29, 1.82) is 0 Å². The topological polar surface area (TPSA) is 67.4 Å². The van der Waals surface area contributed by atoms with Crippen LogP contribution in [-0.2, 0) is 11.3 Å². The minimum absolute atomic E-state index is 0.331. The third kappa shape index (κ3) is 4.78. The second-order valence-corrected chi connectivity index (χ2v) is 9.06. The number of rotatable bonds is 5. The van der Waals surface area contributed by atoms with Crippen LogP contribution in [0.5, 0.6) is 0 Å². The maximum Gasteiger partial charge on any atom is 0.258 e. The molecule has 1 aliphatic heterocycles. The van der Waals surface area contributed by atoms with Crippen LogP contribution in [0, 0.1) is 12.7 Å². The Balaban J connectivity index is 1.48. The van der Waals surface area contributed by atoms with E-state index in [1.165, 1.54) is 23.5 Å². The number of thiazole rings is 1. The maximum absolute atomic E-state index is 13.9. The Morgan fingerprint density at radius 2 is 1.91 bits per heavy atom. The fourth-order valence-electron chi connectivity index (χ4n) is 3.98. The van der Waals surface area contributed by atoms with Crippen LogP contribution in [-0.4, -0.2) is 47.1 Å². The lowest BCUT2D eigenvalue weighted by Gasteiger charge is -2.26. The van der Waals surface area contributed by atoms with Crippen molar-refractivity contribution in [1.82, 2.24) is 14.9 Å².